The Kier molecular flexibility index (Phi) is 5.98. The number of nitrogens with zero attached hydrogens (tertiary/aromatic N) is 1. The average Bonchev–Trinajstić information content (AvgIpc) is 3.18. The van der Waals surface area contributed by atoms with E-state index >= 15 is 0 Å². The number of aliphatic hydroxyl groups is 1. The van der Waals surface area contributed by atoms with Crippen molar-refractivity contribution < 1.29 is 36.9 Å². The van der Waals surface area contributed by atoms with Gasteiger partial charge in [-0.15, -0.1) is 23.2 Å². The third kappa shape index (κ3) is 4.71. The third-order valence-corrected chi connectivity index (χ3v) is 6.79. The van der Waals surface area contributed by atoms with Crippen LogP contribution >= 0.6 is 0 Å². The van der Waals surface area contributed by atoms with Crippen molar-refractivity contribution in [3.63, 3.8) is 0 Å². The maximum atomic E-state index is 10.0. The number of aromatic nitrogens is 1. The first kappa shape index (κ1) is 21.4. The van der Waals surface area contributed by atoms with Crippen LogP contribution in [0.5, 0.6) is 0 Å². The molecular formula is C34H30IrNO2-. The fraction of sp³-hybridized carbons (Fsp3) is 0.176. The number of hydrogen-bond donors (Lipinski definition) is 1. The first-order valence-corrected chi connectivity index (χ1v) is 12.1. The normalized spacial score (nSPS) is 15.1. The molecule has 0 atom stereocenters. The Balaban J connectivity index is 0.000000475. The SMILES string of the molecule is CC(=O)/C=C(/C)O.[2H]c1c([2H])c([2H])c2c(C)c(-c3nc4ccccc4c4c3-c3ccccc3C4(C)C)[c-]c([2H])c2c1[2H].[Ir]. The second-order valence-electron chi connectivity index (χ2n) is 9.79. The molecular weight excluding hydrogens is 647 g/mol. The largest absolute Gasteiger partial charge is 0.512 e. The van der Waals surface area contributed by atoms with Crippen molar-refractivity contribution in [1.29, 1.82) is 0 Å². The number of benzene rings is 4. The number of ketones is 1. The summed E-state index contributed by atoms with van der Waals surface area (Å²) in [6, 6.07) is 18.5. The van der Waals surface area contributed by atoms with Gasteiger partial charge in [-0.05, 0) is 47.9 Å². The number of aliphatic hydroxyl groups excluding tert-OH is 1. The van der Waals surface area contributed by atoms with Crippen molar-refractivity contribution in [1.82, 2.24) is 4.98 Å². The van der Waals surface area contributed by atoms with E-state index < -0.39 is 0 Å². The van der Waals surface area contributed by atoms with Crippen LogP contribution < -0.4 is 0 Å². The number of aryl methyl sites for hydroxylation is 1. The van der Waals surface area contributed by atoms with Gasteiger partial charge in [0.05, 0.1) is 16.8 Å². The van der Waals surface area contributed by atoms with Crippen LogP contribution in [0.3, 0.4) is 0 Å². The number of hydrogen-bond acceptors (Lipinski definition) is 3. The number of rotatable bonds is 2. The Morgan fingerprint density at radius 1 is 1.03 bits per heavy atom. The van der Waals surface area contributed by atoms with Gasteiger partial charge in [-0.2, -0.15) is 0 Å². The summed E-state index contributed by atoms with van der Waals surface area (Å²) in [5, 5.41) is 9.99. The minimum atomic E-state index is -0.336. The van der Waals surface area contributed by atoms with Gasteiger partial charge in [0.25, 0.3) is 0 Å². The van der Waals surface area contributed by atoms with E-state index in [1.807, 2.05) is 37.3 Å². The number of para-hydroxylation sites is 1. The molecule has 0 saturated carbocycles. The van der Waals surface area contributed by atoms with Crippen LogP contribution in [0.2, 0.25) is 0 Å². The van der Waals surface area contributed by atoms with Crippen LogP contribution in [-0.4, -0.2) is 15.9 Å². The summed E-state index contributed by atoms with van der Waals surface area (Å²) < 4.78 is 41.9. The molecule has 1 aromatic heterocycles. The van der Waals surface area contributed by atoms with Gasteiger partial charge in [-0.25, -0.2) is 0 Å². The van der Waals surface area contributed by atoms with Crippen LogP contribution in [0.4, 0.5) is 0 Å². The molecule has 6 rings (SSSR count). The van der Waals surface area contributed by atoms with Crippen LogP contribution in [0, 0.1) is 13.0 Å². The molecule has 4 heteroatoms. The van der Waals surface area contributed by atoms with Gasteiger partial charge in [0.15, 0.2) is 5.78 Å². The molecule has 4 aromatic carbocycles. The second-order valence-corrected chi connectivity index (χ2v) is 9.79. The van der Waals surface area contributed by atoms with Crippen molar-refractivity contribution in [2.75, 3.05) is 0 Å². The number of fused-ring (bicyclic) bond motifs is 6. The van der Waals surface area contributed by atoms with E-state index in [2.05, 4.69) is 38.1 Å². The molecule has 38 heavy (non-hydrogen) atoms. The molecule has 5 aromatic rings. The Bertz CT molecular complexity index is 1980. The molecule has 1 heterocycles. The number of carbonyl (C=O) groups is 1. The molecule has 1 aliphatic rings. The topological polar surface area (TPSA) is 50.2 Å². The summed E-state index contributed by atoms with van der Waals surface area (Å²) in [7, 11) is 0. The number of pyridine rings is 1. The van der Waals surface area contributed by atoms with E-state index in [1.54, 1.807) is 0 Å². The zero-order chi connectivity index (χ0) is 30.7. The third-order valence-electron chi connectivity index (χ3n) is 6.79. The van der Waals surface area contributed by atoms with Crippen molar-refractivity contribution in [2.24, 2.45) is 0 Å². The van der Waals surface area contributed by atoms with E-state index in [4.69, 9.17) is 16.9 Å². The van der Waals surface area contributed by atoms with Crippen molar-refractivity contribution >= 4 is 27.5 Å². The van der Waals surface area contributed by atoms with Crippen molar-refractivity contribution in [2.45, 2.75) is 40.0 Å². The molecule has 0 bridgehead atoms. The molecule has 0 unspecified atom stereocenters. The van der Waals surface area contributed by atoms with Crippen molar-refractivity contribution in [3.8, 4) is 22.4 Å². The zero-order valence-electron chi connectivity index (χ0n) is 26.8. The molecule has 1 aliphatic carbocycles. The molecule has 3 nitrogen and oxygen atoms in total. The molecule has 0 fully saturated rings. The molecule has 193 valence electrons. The van der Waals surface area contributed by atoms with Crippen LogP contribution in [0.15, 0.2) is 90.6 Å². The second kappa shape index (κ2) is 10.6. The predicted molar refractivity (Wildman–Crippen MR) is 153 cm³/mol. The van der Waals surface area contributed by atoms with E-state index in [1.165, 1.54) is 31.1 Å². The van der Waals surface area contributed by atoms with Crippen LogP contribution in [0.1, 0.15) is 51.2 Å². The Morgan fingerprint density at radius 3 is 2.42 bits per heavy atom. The summed E-state index contributed by atoms with van der Waals surface area (Å²) in [6.07, 6.45) is 1.17. The van der Waals surface area contributed by atoms with E-state index in [0.29, 0.717) is 22.2 Å². The summed E-state index contributed by atoms with van der Waals surface area (Å²) in [5.74, 6) is -0.0625. The number of allylic oxidation sites excluding steroid dienone is 2. The van der Waals surface area contributed by atoms with E-state index in [9.17, 15) is 4.79 Å². The minimum absolute atomic E-state index is 0. The van der Waals surface area contributed by atoms with Gasteiger partial charge in [0.2, 0.25) is 0 Å². The van der Waals surface area contributed by atoms with Crippen LogP contribution in [0.25, 0.3) is 44.1 Å². The van der Waals surface area contributed by atoms with Gasteiger partial charge in [-0.1, -0.05) is 98.2 Å². The molecule has 1 radical (unpaired) electrons. The van der Waals surface area contributed by atoms with Gasteiger partial charge in [-0.3, -0.25) is 9.78 Å². The fourth-order valence-electron chi connectivity index (χ4n) is 5.25. The van der Waals surface area contributed by atoms with Gasteiger partial charge in [0.1, 0.15) is 0 Å². The quantitative estimate of drug-likeness (QED) is 0.116. The minimum Gasteiger partial charge on any atom is -0.512 e. The first-order chi connectivity index (χ1) is 19.8. The van der Waals surface area contributed by atoms with Gasteiger partial charge in [0, 0.05) is 38.4 Å². The summed E-state index contributed by atoms with van der Waals surface area (Å²) in [6.45, 7) is 9.12. The predicted octanol–water partition coefficient (Wildman–Crippen LogP) is 8.50. The molecule has 0 spiro atoms. The first-order valence-electron chi connectivity index (χ1n) is 14.6. The standard InChI is InChI=1S/C29H22N.C5H8O2.Ir/c1-18-20-11-5-4-10-19(20)16-17-21(18)28-26-22-12-6-8-14-24(22)29(2,3)27(26)23-13-7-9-15-25(23)30-28;1-4(6)3-5(2)7;/h4-16H,1-3H3;3,6H,1-2H3;/q-1;;/b;4-3-;/i4D,5D,10D,11D,16D;;. The molecule has 1 N–H and O–H groups in total. The average molecular weight is 682 g/mol. The molecule has 0 saturated heterocycles. The summed E-state index contributed by atoms with van der Waals surface area (Å²) >= 11 is 0. The summed E-state index contributed by atoms with van der Waals surface area (Å²) in [4.78, 5) is 15.1. The van der Waals surface area contributed by atoms with E-state index in [0.717, 1.165) is 22.0 Å². The number of carbonyl (C=O) groups excluding carboxylic acids is 1. The maximum absolute atomic E-state index is 10.0. The smallest absolute Gasteiger partial charge is 0.155 e. The fourth-order valence-corrected chi connectivity index (χ4v) is 5.25. The zero-order valence-corrected chi connectivity index (χ0v) is 24.2. The van der Waals surface area contributed by atoms with Crippen molar-refractivity contribution in [3.05, 3.63) is 113 Å². The molecule has 0 aliphatic heterocycles. The van der Waals surface area contributed by atoms with Gasteiger partial charge < -0.3 is 5.11 Å². The van der Waals surface area contributed by atoms with E-state index in [-0.39, 0.29) is 72.7 Å². The Labute approximate surface area is 244 Å². The Morgan fingerprint density at radius 2 is 1.71 bits per heavy atom. The summed E-state index contributed by atoms with van der Waals surface area (Å²) in [5.41, 5.74) is 7.00. The van der Waals surface area contributed by atoms with Gasteiger partial charge >= 0.3 is 0 Å². The molecule has 0 amide bonds. The maximum Gasteiger partial charge on any atom is 0.155 e. The van der Waals surface area contributed by atoms with Crippen LogP contribution in [-0.2, 0) is 30.3 Å². The monoisotopic (exact) mass is 682 g/mol. The Hall–Kier alpha value is -3.59.